The maximum absolute atomic E-state index is 4.77. The van der Waals surface area contributed by atoms with E-state index < -0.39 is 0 Å². The smallest absolute Gasteiger partial charge is 0.193 e. The molecular weight excluding hydrogens is 431 g/mol. The van der Waals surface area contributed by atoms with Crippen molar-refractivity contribution in [3.05, 3.63) is 16.1 Å². The predicted molar refractivity (Wildman–Crippen MR) is 113 cm³/mol. The topological polar surface area (TPSA) is 40.5 Å². The number of aromatic nitrogens is 1. The molecule has 2 atom stereocenters. The first-order valence-corrected chi connectivity index (χ1v) is 9.76. The summed E-state index contributed by atoms with van der Waals surface area (Å²) in [7, 11) is 1.89. The van der Waals surface area contributed by atoms with Crippen LogP contribution in [0.5, 0.6) is 0 Å². The van der Waals surface area contributed by atoms with Crippen LogP contribution in [0.15, 0.2) is 10.4 Å². The van der Waals surface area contributed by atoms with Crippen LogP contribution in [0, 0.1) is 11.8 Å². The normalized spacial score (nSPS) is 24.5. The average molecular weight is 462 g/mol. The second-order valence-corrected chi connectivity index (χ2v) is 8.86. The van der Waals surface area contributed by atoms with Crippen molar-refractivity contribution in [2.75, 3.05) is 20.1 Å². The van der Waals surface area contributed by atoms with Crippen LogP contribution in [0.1, 0.15) is 57.2 Å². The van der Waals surface area contributed by atoms with Gasteiger partial charge in [-0.05, 0) is 24.7 Å². The van der Waals surface area contributed by atoms with Gasteiger partial charge in [-0.15, -0.1) is 35.3 Å². The molecule has 2 unspecified atom stereocenters. The minimum atomic E-state index is 0. The van der Waals surface area contributed by atoms with Crippen molar-refractivity contribution in [2.24, 2.45) is 16.8 Å². The van der Waals surface area contributed by atoms with Crippen LogP contribution in [0.4, 0.5) is 0 Å². The Morgan fingerprint density at radius 2 is 1.92 bits per heavy atom. The molecule has 4 nitrogen and oxygen atoms in total. The summed E-state index contributed by atoms with van der Waals surface area (Å²) in [5.74, 6) is 2.81. The minimum Gasteiger partial charge on any atom is -0.351 e. The van der Waals surface area contributed by atoms with Crippen molar-refractivity contribution in [1.82, 2.24) is 15.2 Å². The van der Waals surface area contributed by atoms with E-state index in [-0.39, 0.29) is 29.4 Å². The van der Waals surface area contributed by atoms with Crippen molar-refractivity contribution in [1.29, 1.82) is 0 Å². The first-order chi connectivity index (χ1) is 11.0. The summed E-state index contributed by atoms with van der Waals surface area (Å²) in [6.07, 6.45) is 5.63. The Hall–Kier alpha value is -0.370. The number of fused-ring (bicyclic) bond motifs is 1. The zero-order valence-corrected chi connectivity index (χ0v) is 18.5. The molecule has 1 aliphatic heterocycles. The monoisotopic (exact) mass is 462 g/mol. The Morgan fingerprint density at radius 3 is 2.42 bits per heavy atom. The van der Waals surface area contributed by atoms with Gasteiger partial charge in [-0.1, -0.05) is 33.6 Å². The number of likely N-dealkylation sites (tertiary alicyclic amines) is 1. The quantitative estimate of drug-likeness (QED) is 0.406. The summed E-state index contributed by atoms with van der Waals surface area (Å²) in [5.41, 5.74) is 1.26. The third-order valence-corrected chi connectivity index (χ3v) is 6.43. The molecule has 1 aromatic heterocycles. The summed E-state index contributed by atoms with van der Waals surface area (Å²) in [6.45, 7) is 9.77. The number of halogens is 1. The Morgan fingerprint density at radius 1 is 1.29 bits per heavy atom. The second-order valence-electron chi connectivity index (χ2n) is 8.00. The third kappa shape index (κ3) is 4.62. The number of hydrogen-bond donors (Lipinski definition) is 1. The fourth-order valence-corrected chi connectivity index (χ4v) is 4.72. The molecule has 1 saturated carbocycles. The van der Waals surface area contributed by atoms with Gasteiger partial charge in [-0.25, -0.2) is 4.98 Å². The van der Waals surface area contributed by atoms with E-state index in [1.807, 2.05) is 7.05 Å². The Kier molecular flexibility index (Phi) is 6.93. The molecule has 0 bridgehead atoms. The van der Waals surface area contributed by atoms with E-state index in [9.17, 15) is 0 Å². The molecule has 2 fully saturated rings. The van der Waals surface area contributed by atoms with Gasteiger partial charge < -0.3 is 10.2 Å². The zero-order chi connectivity index (χ0) is 16.4. The van der Waals surface area contributed by atoms with E-state index in [4.69, 9.17) is 4.98 Å². The molecule has 2 heterocycles. The summed E-state index contributed by atoms with van der Waals surface area (Å²) in [5, 5.41) is 6.90. The molecule has 3 rings (SSSR count). The Labute approximate surface area is 167 Å². The highest BCUT2D eigenvalue weighted by atomic mass is 127. The van der Waals surface area contributed by atoms with Gasteiger partial charge in [0.25, 0.3) is 0 Å². The highest BCUT2D eigenvalue weighted by molar-refractivity contribution is 14.0. The fourth-order valence-electron chi connectivity index (χ4n) is 3.81. The summed E-state index contributed by atoms with van der Waals surface area (Å²) >= 11 is 1.76. The lowest BCUT2D eigenvalue weighted by molar-refractivity contribution is 0.299. The lowest BCUT2D eigenvalue weighted by atomic mass is 9.82. The van der Waals surface area contributed by atoms with Crippen molar-refractivity contribution < 1.29 is 0 Å². The summed E-state index contributed by atoms with van der Waals surface area (Å²) in [6, 6.07) is 0. The predicted octanol–water partition coefficient (Wildman–Crippen LogP) is 4.26. The van der Waals surface area contributed by atoms with E-state index in [2.05, 4.69) is 41.4 Å². The van der Waals surface area contributed by atoms with Crippen LogP contribution in [0.25, 0.3) is 0 Å². The standard InChI is InChI=1S/C18H30N4S.HI/c1-18(2,3)16-21-15(12-23-16)9-20-17(19-4)22-10-13-7-5-6-8-14(13)11-22;/h12-14H,5-11H2,1-4H3,(H,19,20);1H. The second kappa shape index (κ2) is 8.34. The van der Waals surface area contributed by atoms with E-state index in [0.717, 1.165) is 30.0 Å². The molecule has 0 radical (unpaired) electrons. The summed E-state index contributed by atoms with van der Waals surface area (Å²) in [4.78, 5) is 11.7. The van der Waals surface area contributed by atoms with Crippen LogP contribution in [-0.2, 0) is 12.0 Å². The molecule has 24 heavy (non-hydrogen) atoms. The molecule has 2 aliphatic rings. The largest absolute Gasteiger partial charge is 0.351 e. The Bertz CT molecular complexity index is 550. The molecule has 1 saturated heterocycles. The number of rotatable bonds is 2. The van der Waals surface area contributed by atoms with E-state index in [0.29, 0.717) is 0 Å². The van der Waals surface area contributed by atoms with E-state index in [1.54, 1.807) is 11.3 Å². The lowest BCUT2D eigenvalue weighted by Crippen LogP contribution is -2.40. The number of nitrogens with zero attached hydrogens (tertiary/aromatic N) is 3. The van der Waals surface area contributed by atoms with Crippen molar-refractivity contribution in [2.45, 2.75) is 58.4 Å². The molecule has 6 heteroatoms. The molecule has 0 amide bonds. The number of guanidine groups is 1. The molecule has 1 aliphatic carbocycles. The molecule has 1 N–H and O–H groups in total. The third-order valence-electron chi connectivity index (χ3n) is 5.11. The highest BCUT2D eigenvalue weighted by Gasteiger charge is 2.35. The SMILES string of the molecule is CN=C(NCc1csc(C(C)(C)C)n1)N1CC2CCCCC2C1.I. The first-order valence-electron chi connectivity index (χ1n) is 8.88. The molecule has 0 spiro atoms. The highest BCUT2D eigenvalue weighted by Crippen LogP contribution is 2.36. The van der Waals surface area contributed by atoms with Crippen LogP contribution >= 0.6 is 35.3 Å². The van der Waals surface area contributed by atoms with E-state index in [1.165, 1.54) is 43.8 Å². The van der Waals surface area contributed by atoms with Crippen LogP contribution in [0.3, 0.4) is 0 Å². The van der Waals surface area contributed by atoms with Crippen molar-refractivity contribution in [3.8, 4) is 0 Å². The van der Waals surface area contributed by atoms with E-state index >= 15 is 0 Å². The first kappa shape index (κ1) is 19.9. The molecule has 136 valence electrons. The van der Waals surface area contributed by atoms with Gasteiger partial charge in [0.05, 0.1) is 17.2 Å². The van der Waals surface area contributed by atoms with Crippen LogP contribution in [0.2, 0.25) is 0 Å². The number of aliphatic imine (C=N–C) groups is 1. The molecular formula is C18H31IN4S. The molecule has 0 aromatic carbocycles. The van der Waals surface area contributed by atoms with Crippen LogP contribution < -0.4 is 5.32 Å². The molecule has 1 aromatic rings. The Balaban J connectivity index is 0.00000208. The summed E-state index contributed by atoms with van der Waals surface area (Å²) < 4.78 is 0. The number of nitrogens with one attached hydrogen (secondary N) is 1. The maximum Gasteiger partial charge on any atom is 0.193 e. The maximum atomic E-state index is 4.77. The average Bonchev–Trinajstić information content (AvgIpc) is 3.13. The number of thiazole rings is 1. The minimum absolute atomic E-state index is 0. The van der Waals surface area contributed by atoms with Crippen LogP contribution in [-0.4, -0.2) is 36.0 Å². The zero-order valence-electron chi connectivity index (χ0n) is 15.3. The van der Waals surface area contributed by atoms with Gasteiger partial charge in [0.2, 0.25) is 0 Å². The van der Waals surface area contributed by atoms with Gasteiger partial charge >= 0.3 is 0 Å². The van der Waals surface area contributed by atoms with Gasteiger partial charge in [-0.2, -0.15) is 0 Å². The van der Waals surface area contributed by atoms with Gasteiger partial charge in [-0.3, -0.25) is 4.99 Å². The van der Waals surface area contributed by atoms with Crippen molar-refractivity contribution >= 4 is 41.3 Å². The van der Waals surface area contributed by atoms with Gasteiger partial charge in [0.1, 0.15) is 0 Å². The fraction of sp³-hybridized carbons (Fsp3) is 0.778. The van der Waals surface area contributed by atoms with Crippen molar-refractivity contribution in [3.63, 3.8) is 0 Å². The van der Waals surface area contributed by atoms with Gasteiger partial charge in [0.15, 0.2) is 5.96 Å². The lowest BCUT2D eigenvalue weighted by Gasteiger charge is -2.22. The number of hydrogen-bond acceptors (Lipinski definition) is 3. The van der Waals surface area contributed by atoms with Gasteiger partial charge in [0, 0.05) is 30.9 Å².